The molecule has 0 radical (unpaired) electrons. The summed E-state index contributed by atoms with van der Waals surface area (Å²) in [7, 11) is 0. The maximum Gasteiger partial charge on any atom is 0 e. The molecule has 0 fully saturated rings. The van der Waals surface area contributed by atoms with Gasteiger partial charge in [0, 0.05) is 21.1 Å². The van der Waals surface area contributed by atoms with E-state index in [1.807, 2.05) is 0 Å². The SMILES string of the molecule is O.O.O.[KH].[Mo]. The Labute approximate surface area is 87.1 Å². The van der Waals surface area contributed by atoms with Crippen molar-refractivity contribution in [3.05, 3.63) is 0 Å². The van der Waals surface area contributed by atoms with E-state index in [4.69, 9.17) is 0 Å². The summed E-state index contributed by atoms with van der Waals surface area (Å²) in [5.74, 6) is 0. The van der Waals surface area contributed by atoms with Gasteiger partial charge in [-0.2, -0.15) is 0 Å². The smallest absolute Gasteiger partial charge is 0 e. The molecule has 3 nitrogen and oxygen atoms in total. The molecule has 0 aliphatic rings. The second-order valence-corrected chi connectivity index (χ2v) is 0. The van der Waals surface area contributed by atoms with Crippen LogP contribution in [-0.4, -0.2) is 67.8 Å². The molecule has 0 spiro atoms. The number of hydrogen-bond donors (Lipinski definition) is 0. The van der Waals surface area contributed by atoms with Crippen molar-refractivity contribution in [2.24, 2.45) is 0 Å². The molecule has 0 saturated heterocycles. The summed E-state index contributed by atoms with van der Waals surface area (Å²) in [5.41, 5.74) is 0. The standard InChI is InChI=1S/K.Mo.3H2O.H/h;;3*1H2;. The van der Waals surface area contributed by atoms with Crippen molar-refractivity contribution in [3.63, 3.8) is 0 Å². The summed E-state index contributed by atoms with van der Waals surface area (Å²) < 4.78 is 0. The van der Waals surface area contributed by atoms with Gasteiger partial charge < -0.3 is 16.4 Å². The van der Waals surface area contributed by atoms with E-state index in [0.29, 0.717) is 0 Å². The molecule has 5 heavy (non-hydrogen) atoms. The van der Waals surface area contributed by atoms with Gasteiger partial charge in [-0.3, -0.25) is 0 Å². The van der Waals surface area contributed by atoms with Gasteiger partial charge in [0.2, 0.25) is 0 Å². The first-order valence-electron chi connectivity index (χ1n) is 0. The van der Waals surface area contributed by atoms with Gasteiger partial charge in [0.15, 0.2) is 0 Å². The second-order valence-electron chi connectivity index (χ2n) is 0. The van der Waals surface area contributed by atoms with Crippen LogP contribution in [0.25, 0.3) is 0 Å². The average Bonchev–Trinajstić information content (AvgIpc) is 0. The van der Waals surface area contributed by atoms with E-state index >= 15 is 0 Å². The zero-order valence-corrected chi connectivity index (χ0v) is 3.92. The molecule has 32 valence electrons. The summed E-state index contributed by atoms with van der Waals surface area (Å²) in [4.78, 5) is 0. The molecule has 0 unspecified atom stereocenters. The molecule has 0 aromatic carbocycles. The Morgan fingerprint density at radius 1 is 0.600 bits per heavy atom. The third-order valence-electron chi connectivity index (χ3n) is 0. The Morgan fingerprint density at radius 2 is 0.600 bits per heavy atom. The van der Waals surface area contributed by atoms with Gasteiger partial charge in [0.05, 0.1) is 0 Å². The third-order valence-corrected chi connectivity index (χ3v) is 0. The first kappa shape index (κ1) is 57.1. The van der Waals surface area contributed by atoms with Crippen LogP contribution in [0.5, 0.6) is 0 Å². The maximum absolute atomic E-state index is 0. The van der Waals surface area contributed by atoms with Crippen LogP contribution in [-0.2, 0) is 21.1 Å². The minimum atomic E-state index is 0. The molecule has 0 saturated carbocycles. The van der Waals surface area contributed by atoms with Crippen molar-refractivity contribution in [2.45, 2.75) is 0 Å². The van der Waals surface area contributed by atoms with E-state index in [9.17, 15) is 0 Å². The molecule has 0 atom stereocenters. The first-order valence-corrected chi connectivity index (χ1v) is 0. The van der Waals surface area contributed by atoms with Crippen LogP contribution in [0.2, 0.25) is 0 Å². The molecule has 0 heterocycles. The largest absolute Gasteiger partial charge is 0 e. The van der Waals surface area contributed by atoms with Crippen LogP contribution in [0.4, 0.5) is 0 Å². The van der Waals surface area contributed by atoms with Crippen LogP contribution in [0.15, 0.2) is 0 Å². The predicted molar refractivity (Wildman–Crippen MR) is 18.0 cm³/mol. The van der Waals surface area contributed by atoms with E-state index in [1.54, 1.807) is 0 Å². The fourth-order valence-corrected chi connectivity index (χ4v) is 0. The fourth-order valence-electron chi connectivity index (χ4n) is 0. The minimum Gasteiger partial charge on any atom is 0 e. The molecule has 5 heteroatoms. The quantitative estimate of drug-likeness (QED) is 0.361. The Hall–Kier alpha value is 2.20. The number of hydrogen-bond acceptors (Lipinski definition) is 0. The van der Waals surface area contributed by atoms with Crippen LogP contribution in [0, 0.1) is 0 Å². The van der Waals surface area contributed by atoms with Crippen molar-refractivity contribution in [2.75, 3.05) is 0 Å². The van der Waals surface area contributed by atoms with Gasteiger partial charge in [-0.25, -0.2) is 0 Å². The van der Waals surface area contributed by atoms with Crippen LogP contribution in [0.1, 0.15) is 0 Å². The monoisotopic (exact) mass is 192 g/mol. The van der Waals surface area contributed by atoms with Crippen molar-refractivity contribution in [1.29, 1.82) is 0 Å². The Kier molecular flexibility index (Phi) is 395. The molecular weight excluding hydrogens is 183 g/mol. The van der Waals surface area contributed by atoms with Crippen LogP contribution in [0.3, 0.4) is 0 Å². The van der Waals surface area contributed by atoms with Crippen LogP contribution >= 0.6 is 0 Å². The van der Waals surface area contributed by atoms with Gasteiger partial charge >= 0.3 is 51.4 Å². The van der Waals surface area contributed by atoms with E-state index < -0.39 is 0 Å². The van der Waals surface area contributed by atoms with E-state index in [2.05, 4.69) is 0 Å². The molecule has 0 aliphatic carbocycles. The maximum atomic E-state index is 0. The molecule has 0 aromatic heterocycles. The first-order chi connectivity index (χ1) is 0. The summed E-state index contributed by atoms with van der Waals surface area (Å²) in [6.07, 6.45) is 0. The van der Waals surface area contributed by atoms with Crippen molar-refractivity contribution in [1.82, 2.24) is 0 Å². The van der Waals surface area contributed by atoms with Gasteiger partial charge in [-0.05, 0) is 0 Å². The topological polar surface area (TPSA) is 94.5 Å². The molecule has 0 aliphatic heterocycles. The minimum absolute atomic E-state index is 0. The molecule has 0 amide bonds. The van der Waals surface area contributed by atoms with E-state index in [-0.39, 0.29) is 88.9 Å². The number of rotatable bonds is 0. The molecule has 0 bridgehead atoms. The van der Waals surface area contributed by atoms with Gasteiger partial charge in [0.25, 0.3) is 0 Å². The third kappa shape index (κ3) is 22.6. The molecule has 6 N–H and O–H groups in total. The summed E-state index contributed by atoms with van der Waals surface area (Å²) >= 11 is 0. The Bertz CT molecular complexity index is 6.85. The molecular formula is H7KMoO3. The fraction of sp³-hybridized carbons (Fsp3) is 0. The van der Waals surface area contributed by atoms with Crippen LogP contribution < -0.4 is 0 Å². The van der Waals surface area contributed by atoms with Gasteiger partial charge in [-0.15, -0.1) is 0 Å². The normalized spacial score (nSPS) is 0. The summed E-state index contributed by atoms with van der Waals surface area (Å²) in [6, 6.07) is 0. The summed E-state index contributed by atoms with van der Waals surface area (Å²) in [5, 5.41) is 0. The average molecular weight is 190 g/mol. The zero-order chi connectivity index (χ0) is 0. The van der Waals surface area contributed by atoms with Gasteiger partial charge in [0.1, 0.15) is 0 Å². The van der Waals surface area contributed by atoms with Crippen molar-refractivity contribution >= 4 is 51.4 Å². The Balaban J connectivity index is 0. The van der Waals surface area contributed by atoms with Crippen molar-refractivity contribution < 1.29 is 37.5 Å². The molecule has 0 aromatic rings. The van der Waals surface area contributed by atoms with Crippen molar-refractivity contribution in [3.8, 4) is 0 Å². The second kappa shape index (κ2) is 34.6. The summed E-state index contributed by atoms with van der Waals surface area (Å²) in [6.45, 7) is 0. The van der Waals surface area contributed by atoms with Gasteiger partial charge in [-0.1, -0.05) is 0 Å². The van der Waals surface area contributed by atoms with E-state index in [0.717, 1.165) is 0 Å². The Morgan fingerprint density at radius 3 is 0.600 bits per heavy atom. The molecule has 0 rings (SSSR count). The van der Waals surface area contributed by atoms with E-state index in [1.165, 1.54) is 0 Å². The predicted octanol–water partition coefficient (Wildman–Crippen LogP) is -3.13. The zero-order valence-electron chi connectivity index (χ0n) is 1.91.